The third-order valence-electron chi connectivity index (χ3n) is 2.80. The lowest BCUT2D eigenvalue weighted by Crippen LogP contribution is -2.25. The van der Waals surface area contributed by atoms with Crippen molar-refractivity contribution in [3.05, 3.63) is 0 Å². The Bertz CT molecular complexity index is 236. The van der Waals surface area contributed by atoms with Gasteiger partial charge in [-0.3, -0.25) is 9.59 Å². The SMILES string of the molecule is CCC1(CCCOC)CC(=O)OC1=O. The molecular weight excluding hydrogens is 184 g/mol. The van der Waals surface area contributed by atoms with E-state index in [2.05, 4.69) is 4.74 Å². The molecule has 0 N–H and O–H groups in total. The number of esters is 2. The summed E-state index contributed by atoms with van der Waals surface area (Å²) >= 11 is 0. The second-order valence-electron chi connectivity index (χ2n) is 3.67. The summed E-state index contributed by atoms with van der Waals surface area (Å²) in [7, 11) is 1.62. The Morgan fingerprint density at radius 3 is 2.64 bits per heavy atom. The van der Waals surface area contributed by atoms with Crippen LogP contribution in [0.25, 0.3) is 0 Å². The van der Waals surface area contributed by atoms with Crippen LogP contribution in [0, 0.1) is 5.41 Å². The summed E-state index contributed by atoms with van der Waals surface area (Å²) in [4.78, 5) is 22.4. The normalized spacial score (nSPS) is 26.7. The second-order valence-corrected chi connectivity index (χ2v) is 3.67. The maximum Gasteiger partial charge on any atom is 0.320 e. The van der Waals surface area contributed by atoms with Crippen molar-refractivity contribution in [3.63, 3.8) is 0 Å². The van der Waals surface area contributed by atoms with Gasteiger partial charge >= 0.3 is 11.9 Å². The van der Waals surface area contributed by atoms with Crippen LogP contribution < -0.4 is 0 Å². The number of ether oxygens (including phenoxy) is 2. The van der Waals surface area contributed by atoms with E-state index in [0.717, 1.165) is 6.42 Å². The molecule has 80 valence electrons. The first-order chi connectivity index (χ1) is 6.64. The smallest absolute Gasteiger partial charge is 0.320 e. The minimum absolute atomic E-state index is 0.228. The van der Waals surface area contributed by atoms with Crippen molar-refractivity contribution in [1.29, 1.82) is 0 Å². The summed E-state index contributed by atoms with van der Waals surface area (Å²) in [5, 5.41) is 0. The summed E-state index contributed by atoms with van der Waals surface area (Å²) in [5.74, 6) is -0.754. The fraction of sp³-hybridized carbons (Fsp3) is 0.800. The highest BCUT2D eigenvalue weighted by atomic mass is 16.6. The van der Waals surface area contributed by atoms with Crippen molar-refractivity contribution in [2.45, 2.75) is 32.6 Å². The molecule has 0 radical (unpaired) electrons. The Morgan fingerprint density at radius 1 is 1.50 bits per heavy atom. The van der Waals surface area contributed by atoms with E-state index < -0.39 is 11.4 Å². The molecule has 1 saturated heterocycles. The zero-order chi connectivity index (χ0) is 10.6. The van der Waals surface area contributed by atoms with Crippen molar-refractivity contribution >= 4 is 11.9 Å². The van der Waals surface area contributed by atoms with Crippen molar-refractivity contribution in [3.8, 4) is 0 Å². The molecule has 0 bridgehead atoms. The number of carbonyl (C=O) groups excluding carboxylic acids is 2. The fourth-order valence-corrected chi connectivity index (χ4v) is 1.79. The molecular formula is C10H16O4. The van der Waals surface area contributed by atoms with Gasteiger partial charge in [0.1, 0.15) is 0 Å². The van der Waals surface area contributed by atoms with Gasteiger partial charge in [-0.15, -0.1) is 0 Å². The Morgan fingerprint density at radius 2 is 2.21 bits per heavy atom. The van der Waals surface area contributed by atoms with Crippen LogP contribution in [-0.4, -0.2) is 25.7 Å². The highest BCUT2D eigenvalue weighted by Crippen LogP contribution is 2.38. The first-order valence-electron chi connectivity index (χ1n) is 4.88. The van der Waals surface area contributed by atoms with Gasteiger partial charge in [-0.05, 0) is 19.3 Å². The molecule has 4 nitrogen and oxygen atoms in total. The van der Waals surface area contributed by atoms with Crippen molar-refractivity contribution in [2.75, 3.05) is 13.7 Å². The quantitative estimate of drug-likeness (QED) is 0.381. The van der Waals surface area contributed by atoms with Gasteiger partial charge in [-0.2, -0.15) is 0 Å². The molecule has 0 saturated carbocycles. The zero-order valence-electron chi connectivity index (χ0n) is 8.67. The summed E-state index contributed by atoms with van der Waals surface area (Å²) in [6.45, 7) is 2.52. The van der Waals surface area contributed by atoms with Gasteiger partial charge in [0.2, 0.25) is 0 Å². The molecule has 0 aromatic rings. The molecule has 0 aromatic carbocycles. The van der Waals surface area contributed by atoms with Crippen LogP contribution in [0.4, 0.5) is 0 Å². The van der Waals surface area contributed by atoms with Gasteiger partial charge < -0.3 is 9.47 Å². The van der Waals surface area contributed by atoms with Gasteiger partial charge in [0.15, 0.2) is 0 Å². The van der Waals surface area contributed by atoms with Gasteiger partial charge in [0, 0.05) is 13.7 Å². The Balaban J connectivity index is 2.57. The average molecular weight is 200 g/mol. The molecule has 0 spiro atoms. The highest BCUT2D eigenvalue weighted by molar-refractivity contribution is 5.97. The topological polar surface area (TPSA) is 52.6 Å². The Hall–Kier alpha value is -0.900. The largest absolute Gasteiger partial charge is 0.393 e. The van der Waals surface area contributed by atoms with E-state index in [9.17, 15) is 9.59 Å². The first-order valence-corrected chi connectivity index (χ1v) is 4.88. The van der Waals surface area contributed by atoms with E-state index >= 15 is 0 Å². The molecule has 1 rings (SSSR count). The van der Waals surface area contributed by atoms with E-state index in [1.54, 1.807) is 7.11 Å². The van der Waals surface area contributed by atoms with Crippen LogP contribution in [-0.2, 0) is 19.1 Å². The summed E-state index contributed by atoms with van der Waals surface area (Å²) < 4.78 is 9.50. The van der Waals surface area contributed by atoms with Crippen LogP contribution in [0.1, 0.15) is 32.6 Å². The third-order valence-corrected chi connectivity index (χ3v) is 2.80. The molecule has 1 aliphatic heterocycles. The summed E-state index contributed by atoms with van der Waals surface area (Å²) in [6, 6.07) is 0. The van der Waals surface area contributed by atoms with Gasteiger partial charge in [-0.25, -0.2) is 0 Å². The molecule has 1 unspecified atom stereocenters. The van der Waals surface area contributed by atoms with Crippen LogP contribution in [0.2, 0.25) is 0 Å². The maximum absolute atomic E-state index is 11.4. The van der Waals surface area contributed by atoms with Crippen LogP contribution >= 0.6 is 0 Å². The number of hydrogen-bond acceptors (Lipinski definition) is 4. The summed E-state index contributed by atoms with van der Waals surface area (Å²) in [5.41, 5.74) is -0.574. The number of hydrogen-bond donors (Lipinski definition) is 0. The van der Waals surface area contributed by atoms with Crippen molar-refractivity contribution in [1.82, 2.24) is 0 Å². The minimum Gasteiger partial charge on any atom is -0.393 e. The third kappa shape index (κ3) is 2.12. The monoisotopic (exact) mass is 200 g/mol. The lowest BCUT2D eigenvalue weighted by Gasteiger charge is -2.20. The molecule has 0 aromatic heterocycles. The van der Waals surface area contributed by atoms with Crippen LogP contribution in [0.5, 0.6) is 0 Å². The molecule has 1 fully saturated rings. The van der Waals surface area contributed by atoms with Crippen molar-refractivity contribution in [2.24, 2.45) is 5.41 Å². The molecule has 1 heterocycles. The molecule has 1 atom stereocenters. The predicted molar refractivity (Wildman–Crippen MR) is 49.6 cm³/mol. The van der Waals surface area contributed by atoms with Crippen molar-refractivity contribution < 1.29 is 19.1 Å². The number of cyclic esters (lactones) is 2. The Kier molecular flexibility index (Phi) is 3.63. The average Bonchev–Trinajstić information content (AvgIpc) is 2.43. The molecule has 0 aliphatic carbocycles. The van der Waals surface area contributed by atoms with Crippen LogP contribution in [0.3, 0.4) is 0 Å². The molecule has 14 heavy (non-hydrogen) atoms. The molecule has 0 amide bonds. The van der Waals surface area contributed by atoms with Gasteiger partial charge in [0.05, 0.1) is 11.8 Å². The lowest BCUT2D eigenvalue weighted by atomic mass is 9.79. The highest BCUT2D eigenvalue weighted by Gasteiger charge is 2.47. The lowest BCUT2D eigenvalue weighted by molar-refractivity contribution is -0.155. The summed E-state index contributed by atoms with van der Waals surface area (Å²) in [6.07, 6.45) is 2.34. The maximum atomic E-state index is 11.4. The minimum atomic E-state index is -0.574. The first kappa shape index (κ1) is 11.2. The van der Waals surface area contributed by atoms with Crippen LogP contribution in [0.15, 0.2) is 0 Å². The molecule has 1 aliphatic rings. The molecule has 4 heteroatoms. The predicted octanol–water partition coefficient (Wildman–Crippen LogP) is 1.28. The fourth-order valence-electron chi connectivity index (χ4n) is 1.79. The van der Waals surface area contributed by atoms with E-state index in [4.69, 9.17) is 4.74 Å². The zero-order valence-corrected chi connectivity index (χ0v) is 8.67. The van der Waals surface area contributed by atoms with E-state index in [1.165, 1.54) is 0 Å². The number of rotatable bonds is 5. The van der Waals surface area contributed by atoms with E-state index in [0.29, 0.717) is 19.4 Å². The van der Waals surface area contributed by atoms with E-state index in [-0.39, 0.29) is 12.4 Å². The Labute approximate surface area is 83.6 Å². The van der Waals surface area contributed by atoms with Gasteiger partial charge in [0.25, 0.3) is 0 Å². The van der Waals surface area contributed by atoms with Gasteiger partial charge in [-0.1, -0.05) is 6.92 Å². The number of methoxy groups -OCH3 is 1. The number of carbonyl (C=O) groups is 2. The second kappa shape index (κ2) is 4.55. The standard InChI is InChI=1S/C10H16O4/c1-3-10(5-4-6-13-2)7-8(11)14-9(10)12/h3-7H2,1-2H3. The van der Waals surface area contributed by atoms with E-state index in [1.807, 2.05) is 6.92 Å².